The van der Waals surface area contributed by atoms with Gasteiger partial charge in [-0.05, 0) is 67.6 Å². The van der Waals surface area contributed by atoms with E-state index >= 15 is 0 Å². The monoisotopic (exact) mass is 377 g/mol. The zero-order chi connectivity index (χ0) is 19.7. The molecule has 1 saturated carbocycles. The first kappa shape index (κ1) is 18.2. The Kier molecular flexibility index (Phi) is 4.86. The number of carbonyl (C=O) groups is 2. The lowest BCUT2D eigenvalue weighted by Gasteiger charge is -2.10. The first-order chi connectivity index (χ1) is 13.5. The molecule has 0 spiro atoms. The molecule has 1 aromatic heterocycles. The van der Waals surface area contributed by atoms with Gasteiger partial charge >= 0.3 is 0 Å². The van der Waals surface area contributed by atoms with Crippen molar-refractivity contribution in [3.63, 3.8) is 0 Å². The first-order valence-corrected chi connectivity index (χ1v) is 9.62. The minimum Gasteiger partial charge on any atom is -0.356 e. The predicted molar refractivity (Wildman–Crippen MR) is 107 cm³/mol. The zero-order valence-corrected chi connectivity index (χ0v) is 16.0. The van der Waals surface area contributed by atoms with Crippen LogP contribution in [0.3, 0.4) is 0 Å². The lowest BCUT2D eigenvalue weighted by Crippen LogP contribution is -2.25. The number of amides is 2. The highest BCUT2D eigenvalue weighted by Crippen LogP contribution is 2.30. The summed E-state index contributed by atoms with van der Waals surface area (Å²) >= 11 is 0. The minimum absolute atomic E-state index is 0.0336. The molecule has 144 valence electrons. The van der Waals surface area contributed by atoms with Crippen LogP contribution < -0.4 is 10.6 Å². The number of rotatable bonds is 6. The van der Waals surface area contributed by atoms with E-state index in [0.29, 0.717) is 29.4 Å². The van der Waals surface area contributed by atoms with Crippen LogP contribution in [0.5, 0.6) is 0 Å². The van der Waals surface area contributed by atoms with Crippen molar-refractivity contribution in [3.8, 4) is 11.1 Å². The molecule has 1 aliphatic rings. The molecule has 1 heterocycles. The maximum absolute atomic E-state index is 12.4. The van der Waals surface area contributed by atoms with Gasteiger partial charge in [0.15, 0.2) is 5.58 Å². The molecular formula is C22H23N3O3. The van der Waals surface area contributed by atoms with Gasteiger partial charge in [-0.1, -0.05) is 17.3 Å². The van der Waals surface area contributed by atoms with E-state index in [0.717, 1.165) is 34.9 Å². The van der Waals surface area contributed by atoms with Crippen LogP contribution in [0.25, 0.3) is 22.1 Å². The summed E-state index contributed by atoms with van der Waals surface area (Å²) in [4.78, 5) is 24.2. The smallest absolute Gasteiger partial charge is 0.251 e. The minimum atomic E-state index is -0.0769. The number of benzene rings is 2. The van der Waals surface area contributed by atoms with Crippen molar-refractivity contribution in [2.24, 2.45) is 0 Å². The highest BCUT2D eigenvalue weighted by Gasteiger charge is 2.24. The second-order valence-electron chi connectivity index (χ2n) is 7.25. The Morgan fingerprint density at radius 1 is 1.18 bits per heavy atom. The maximum atomic E-state index is 12.4. The molecule has 0 radical (unpaired) electrons. The van der Waals surface area contributed by atoms with Gasteiger partial charge in [0.25, 0.3) is 5.91 Å². The summed E-state index contributed by atoms with van der Waals surface area (Å²) in [5.74, 6) is -0.110. The van der Waals surface area contributed by atoms with E-state index in [2.05, 4.69) is 15.8 Å². The number of carbonyl (C=O) groups excluding carboxylic acids is 2. The fourth-order valence-corrected chi connectivity index (χ4v) is 3.27. The summed E-state index contributed by atoms with van der Waals surface area (Å²) in [5.41, 5.74) is 4.91. The van der Waals surface area contributed by atoms with Crippen LogP contribution in [0, 0.1) is 6.92 Å². The third kappa shape index (κ3) is 3.76. The van der Waals surface area contributed by atoms with Crippen LogP contribution in [0.15, 0.2) is 40.9 Å². The molecule has 4 rings (SSSR count). The van der Waals surface area contributed by atoms with Gasteiger partial charge in [0, 0.05) is 23.5 Å². The second kappa shape index (κ2) is 7.46. The van der Waals surface area contributed by atoms with Crippen LogP contribution in [-0.4, -0.2) is 29.6 Å². The van der Waals surface area contributed by atoms with Crippen LogP contribution in [0.4, 0.5) is 0 Å². The normalized spacial score (nSPS) is 13.5. The number of fused-ring (bicyclic) bond motifs is 1. The van der Waals surface area contributed by atoms with Crippen molar-refractivity contribution in [2.45, 2.75) is 39.2 Å². The Hall–Kier alpha value is -3.15. The van der Waals surface area contributed by atoms with Gasteiger partial charge < -0.3 is 15.2 Å². The van der Waals surface area contributed by atoms with E-state index in [9.17, 15) is 9.59 Å². The van der Waals surface area contributed by atoms with E-state index in [4.69, 9.17) is 4.52 Å². The number of aryl methyl sites for hydroxylation is 1. The lowest BCUT2D eigenvalue weighted by molar-refractivity contribution is -0.120. The molecule has 2 aromatic carbocycles. The van der Waals surface area contributed by atoms with E-state index in [1.807, 2.05) is 50.2 Å². The molecule has 6 nitrogen and oxygen atoms in total. The van der Waals surface area contributed by atoms with Gasteiger partial charge in [0.05, 0.1) is 6.42 Å². The topological polar surface area (TPSA) is 84.2 Å². The fraction of sp³-hybridized carbons (Fsp3) is 0.318. The maximum Gasteiger partial charge on any atom is 0.251 e. The molecule has 0 aliphatic heterocycles. The van der Waals surface area contributed by atoms with E-state index in [1.54, 1.807) is 0 Å². The summed E-state index contributed by atoms with van der Waals surface area (Å²) in [6.07, 6.45) is 2.31. The number of hydrogen-bond acceptors (Lipinski definition) is 4. The van der Waals surface area contributed by atoms with Gasteiger partial charge in [-0.2, -0.15) is 0 Å². The van der Waals surface area contributed by atoms with Gasteiger partial charge in [-0.3, -0.25) is 9.59 Å². The molecule has 0 saturated heterocycles. The van der Waals surface area contributed by atoms with Gasteiger partial charge in [-0.15, -0.1) is 0 Å². The molecule has 1 aliphatic carbocycles. The quantitative estimate of drug-likeness (QED) is 0.690. The lowest BCUT2D eigenvalue weighted by atomic mass is 9.97. The second-order valence-corrected chi connectivity index (χ2v) is 7.25. The Bertz CT molecular complexity index is 1050. The molecule has 2 amide bonds. The third-order valence-corrected chi connectivity index (χ3v) is 4.97. The SMILES string of the molecule is CCNC(=O)Cc1noc2cc(-c3cc(C(=O)NC4CC4)ccc3C)ccc12. The fourth-order valence-electron chi connectivity index (χ4n) is 3.27. The van der Waals surface area contributed by atoms with Crippen LogP contribution in [0.2, 0.25) is 0 Å². The summed E-state index contributed by atoms with van der Waals surface area (Å²) in [6, 6.07) is 11.9. The number of nitrogens with zero attached hydrogens (tertiary/aromatic N) is 1. The van der Waals surface area contributed by atoms with Gasteiger partial charge in [-0.25, -0.2) is 0 Å². The summed E-state index contributed by atoms with van der Waals surface area (Å²) in [5, 5.41) is 10.7. The zero-order valence-electron chi connectivity index (χ0n) is 16.0. The summed E-state index contributed by atoms with van der Waals surface area (Å²) in [7, 11) is 0. The van der Waals surface area contributed by atoms with E-state index < -0.39 is 0 Å². The van der Waals surface area contributed by atoms with Crippen molar-refractivity contribution in [1.29, 1.82) is 0 Å². The average molecular weight is 377 g/mol. The largest absolute Gasteiger partial charge is 0.356 e. The number of aromatic nitrogens is 1. The van der Waals surface area contributed by atoms with Gasteiger partial charge in [0.1, 0.15) is 5.69 Å². The number of nitrogens with one attached hydrogen (secondary N) is 2. The molecule has 6 heteroatoms. The van der Waals surface area contributed by atoms with Crippen molar-refractivity contribution in [3.05, 3.63) is 53.2 Å². The van der Waals surface area contributed by atoms with Crippen LogP contribution >= 0.6 is 0 Å². The summed E-state index contributed by atoms with van der Waals surface area (Å²) < 4.78 is 5.46. The molecule has 0 atom stereocenters. The highest BCUT2D eigenvalue weighted by atomic mass is 16.5. The molecule has 0 unspecified atom stereocenters. The molecule has 28 heavy (non-hydrogen) atoms. The first-order valence-electron chi connectivity index (χ1n) is 9.62. The number of hydrogen-bond donors (Lipinski definition) is 2. The van der Waals surface area contributed by atoms with Gasteiger partial charge in [0.2, 0.25) is 5.91 Å². The molecule has 2 N–H and O–H groups in total. The Labute approximate surface area is 163 Å². The third-order valence-electron chi connectivity index (χ3n) is 4.97. The average Bonchev–Trinajstić information content (AvgIpc) is 3.41. The van der Waals surface area contributed by atoms with Crippen LogP contribution in [0.1, 0.15) is 41.4 Å². The highest BCUT2D eigenvalue weighted by molar-refractivity contribution is 5.96. The van der Waals surface area contributed by atoms with E-state index in [-0.39, 0.29) is 18.2 Å². The molecular weight excluding hydrogens is 354 g/mol. The Balaban J connectivity index is 1.63. The Morgan fingerprint density at radius 2 is 2.00 bits per heavy atom. The van der Waals surface area contributed by atoms with Crippen molar-refractivity contribution in [1.82, 2.24) is 15.8 Å². The van der Waals surface area contributed by atoms with Crippen LogP contribution in [-0.2, 0) is 11.2 Å². The predicted octanol–water partition coefficient (Wildman–Crippen LogP) is 3.37. The van der Waals surface area contributed by atoms with Crippen molar-refractivity contribution in [2.75, 3.05) is 6.54 Å². The molecule has 1 fully saturated rings. The Morgan fingerprint density at radius 3 is 2.75 bits per heavy atom. The standard InChI is InChI=1S/C22H23N3O3/c1-3-23-21(26)12-19-17-9-6-14(11-20(17)28-25-19)18-10-15(5-4-13(18)2)22(27)24-16-7-8-16/h4-6,9-11,16H,3,7-8,12H2,1-2H3,(H,23,26)(H,24,27). The molecule has 3 aromatic rings. The van der Waals surface area contributed by atoms with Crippen molar-refractivity contribution >= 4 is 22.8 Å². The molecule has 0 bridgehead atoms. The summed E-state index contributed by atoms with van der Waals surface area (Å²) in [6.45, 7) is 4.48. The number of likely N-dealkylation sites (N-methyl/N-ethyl adjacent to an activating group) is 1. The van der Waals surface area contributed by atoms with Crippen molar-refractivity contribution < 1.29 is 14.1 Å². The van der Waals surface area contributed by atoms with E-state index in [1.165, 1.54) is 0 Å².